The van der Waals surface area contributed by atoms with Crippen LogP contribution in [0.3, 0.4) is 0 Å². The molecule has 0 fully saturated rings. The van der Waals surface area contributed by atoms with Crippen LogP contribution >= 0.6 is 23.2 Å². The number of hydrogen-bond acceptors (Lipinski definition) is 1. The first-order valence-corrected chi connectivity index (χ1v) is 6.89. The fraction of sp³-hybridized carbons (Fsp3) is 0.200. The molecule has 1 unspecified atom stereocenters. The zero-order valence-corrected chi connectivity index (χ0v) is 12.3. The number of benzene rings is 2. The highest BCUT2D eigenvalue weighted by Crippen LogP contribution is 2.30. The maximum Gasteiger partial charge on any atom is 0.416 e. The lowest BCUT2D eigenvalue weighted by Gasteiger charge is -2.14. The van der Waals surface area contributed by atoms with Crippen LogP contribution in [0.15, 0.2) is 42.5 Å². The van der Waals surface area contributed by atoms with Crippen LogP contribution in [0.5, 0.6) is 0 Å². The molecule has 0 aliphatic rings. The van der Waals surface area contributed by atoms with E-state index in [2.05, 4.69) is 0 Å². The Hall–Kier alpha value is -1.23. The molecule has 0 bridgehead atoms. The van der Waals surface area contributed by atoms with Crippen LogP contribution in [0.2, 0.25) is 10.0 Å². The topological polar surface area (TPSA) is 26.0 Å². The minimum atomic E-state index is -4.33. The van der Waals surface area contributed by atoms with Crippen molar-refractivity contribution in [3.05, 3.63) is 69.2 Å². The lowest BCUT2D eigenvalue weighted by Crippen LogP contribution is -2.13. The maximum absolute atomic E-state index is 12.5. The molecule has 0 saturated carbocycles. The van der Waals surface area contributed by atoms with E-state index in [4.69, 9.17) is 28.9 Å². The van der Waals surface area contributed by atoms with Gasteiger partial charge >= 0.3 is 6.18 Å². The van der Waals surface area contributed by atoms with E-state index >= 15 is 0 Å². The normalized spacial score (nSPS) is 13.2. The smallest absolute Gasteiger partial charge is 0.324 e. The number of halogens is 5. The van der Waals surface area contributed by atoms with Gasteiger partial charge in [0, 0.05) is 6.04 Å². The highest BCUT2D eigenvalue weighted by Gasteiger charge is 2.29. The third-order valence-electron chi connectivity index (χ3n) is 3.11. The molecule has 0 radical (unpaired) electrons. The Kier molecular flexibility index (Phi) is 4.81. The van der Waals surface area contributed by atoms with Crippen molar-refractivity contribution in [3.8, 4) is 0 Å². The molecule has 0 heterocycles. The molecule has 2 N–H and O–H groups in total. The van der Waals surface area contributed by atoms with E-state index in [-0.39, 0.29) is 6.04 Å². The van der Waals surface area contributed by atoms with Crippen LogP contribution in [-0.4, -0.2) is 0 Å². The van der Waals surface area contributed by atoms with Gasteiger partial charge in [-0.2, -0.15) is 13.2 Å². The lowest BCUT2D eigenvalue weighted by atomic mass is 9.99. The van der Waals surface area contributed by atoms with Gasteiger partial charge in [0.1, 0.15) is 0 Å². The van der Waals surface area contributed by atoms with E-state index in [0.717, 1.165) is 23.3 Å². The molecule has 0 aliphatic carbocycles. The molecule has 112 valence electrons. The molecule has 2 aromatic rings. The van der Waals surface area contributed by atoms with Crippen molar-refractivity contribution < 1.29 is 13.2 Å². The molecule has 21 heavy (non-hydrogen) atoms. The standard InChI is InChI=1S/C15H12Cl2F3N/c16-12-6-3-10(8-13(12)17)14(21)7-9-1-4-11(5-2-9)15(18,19)20/h1-6,8,14H,7,21H2. The Bertz CT molecular complexity index is 624. The molecular weight excluding hydrogens is 322 g/mol. The van der Waals surface area contributed by atoms with Gasteiger partial charge in [-0.25, -0.2) is 0 Å². The summed E-state index contributed by atoms with van der Waals surface area (Å²) in [6.45, 7) is 0. The Labute approximate surface area is 130 Å². The van der Waals surface area contributed by atoms with Crippen LogP contribution in [0.25, 0.3) is 0 Å². The molecular formula is C15H12Cl2F3N. The highest BCUT2D eigenvalue weighted by molar-refractivity contribution is 6.42. The first kappa shape index (κ1) is 16.1. The molecule has 6 heteroatoms. The number of hydrogen-bond donors (Lipinski definition) is 1. The van der Waals surface area contributed by atoms with Crippen molar-refractivity contribution in [2.75, 3.05) is 0 Å². The molecule has 0 saturated heterocycles. The summed E-state index contributed by atoms with van der Waals surface area (Å²) in [4.78, 5) is 0. The molecule has 0 amide bonds. The van der Waals surface area contributed by atoms with Crippen LogP contribution in [0, 0.1) is 0 Å². The summed E-state index contributed by atoms with van der Waals surface area (Å²) in [6, 6.07) is 9.67. The van der Waals surface area contributed by atoms with Crippen LogP contribution in [0.1, 0.15) is 22.7 Å². The van der Waals surface area contributed by atoms with Gasteiger partial charge in [-0.3, -0.25) is 0 Å². The van der Waals surface area contributed by atoms with E-state index in [9.17, 15) is 13.2 Å². The summed E-state index contributed by atoms with van der Waals surface area (Å²) in [6.07, 6.45) is -3.92. The SMILES string of the molecule is NC(Cc1ccc(C(F)(F)F)cc1)c1ccc(Cl)c(Cl)c1. The first-order chi connectivity index (χ1) is 9.77. The lowest BCUT2D eigenvalue weighted by molar-refractivity contribution is -0.137. The monoisotopic (exact) mass is 333 g/mol. The molecule has 1 nitrogen and oxygen atoms in total. The zero-order valence-electron chi connectivity index (χ0n) is 10.8. The summed E-state index contributed by atoms with van der Waals surface area (Å²) in [5, 5.41) is 0.833. The Morgan fingerprint density at radius 2 is 1.57 bits per heavy atom. The van der Waals surface area contributed by atoms with E-state index in [0.29, 0.717) is 16.5 Å². The third kappa shape index (κ3) is 4.13. The van der Waals surface area contributed by atoms with E-state index in [1.165, 1.54) is 12.1 Å². The predicted molar refractivity (Wildman–Crippen MR) is 78.5 cm³/mol. The second-order valence-corrected chi connectivity index (χ2v) is 5.49. The molecule has 0 aromatic heterocycles. The van der Waals surface area contributed by atoms with Gasteiger partial charge in [0.15, 0.2) is 0 Å². The molecule has 1 atom stereocenters. The average molecular weight is 334 g/mol. The van der Waals surface area contributed by atoms with Crippen molar-refractivity contribution in [3.63, 3.8) is 0 Å². The van der Waals surface area contributed by atoms with Gasteiger partial charge in [0.05, 0.1) is 15.6 Å². The molecule has 2 aromatic carbocycles. The predicted octanol–water partition coefficient (Wildman–Crippen LogP) is 5.25. The van der Waals surface area contributed by atoms with Crippen molar-refractivity contribution in [2.45, 2.75) is 18.6 Å². The first-order valence-electron chi connectivity index (χ1n) is 6.14. The second kappa shape index (κ2) is 6.26. The number of nitrogens with two attached hydrogens (primary N) is 1. The fourth-order valence-corrected chi connectivity index (χ4v) is 2.25. The number of alkyl halides is 3. The minimum Gasteiger partial charge on any atom is -0.324 e. The summed E-state index contributed by atoms with van der Waals surface area (Å²) >= 11 is 11.7. The summed E-state index contributed by atoms with van der Waals surface area (Å²) in [5.41, 5.74) is 6.88. The number of rotatable bonds is 3. The van der Waals surface area contributed by atoms with Gasteiger partial charge in [-0.15, -0.1) is 0 Å². The second-order valence-electron chi connectivity index (χ2n) is 4.68. The quantitative estimate of drug-likeness (QED) is 0.815. The van der Waals surface area contributed by atoms with Gasteiger partial charge < -0.3 is 5.73 Å². The van der Waals surface area contributed by atoms with E-state index < -0.39 is 11.7 Å². The summed E-state index contributed by atoms with van der Waals surface area (Å²) < 4.78 is 37.4. The summed E-state index contributed by atoms with van der Waals surface area (Å²) in [5.74, 6) is 0. The molecule has 2 rings (SSSR count). The van der Waals surface area contributed by atoms with Gasteiger partial charge in [0.2, 0.25) is 0 Å². The van der Waals surface area contributed by atoms with E-state index in [1.807, 2.05) is 0 Å². The fourth-order valence-electron chi connectivity index (χ4n) is 1.94. The summed E-state index contributed by atoms with van der Waals surface area (Å²) in [7, 11) is 0. The van der Waals surface area contributed by atoms with Crippen molar-refractivity contribution in [1.82, 2.24) is 0 Å². The Balaban J connectivity index is 2.12. The maximum atomic E-state index is 12.5. The van der Waals surface area contributed by atoms with Crippen molar-refractivity contribution in [1.29, 1.82) is 0 Å². The van der Waals surface area contributed by atoms with Gasteiger partial charge in [-0.1, -0.05) is 41.4 Å². The average Bonchev–Trinajstić information content (AvgIpc) is 2.41. The Morgan fingerprint density at radius 1 is 0.952 bits per heavy atom. The van der Waals surface area contributed by atoms with Crippen LogP contribution in [0.4, 0.5) is 13.2 Å². The largest absolute Gasteiger partial charge is 0.416 e. The minimum absolute atomic E-state index is 0.364. The van der Waals surface area contributed by atoms with Gasteiger partial charge in [-0.05, 0) is 41.8 Å². The Morgan fingerprint density at radius 3 is 2.10 bits per heavy atom. The van der Waals surface area contributed by atoms with Gasteiger partial charge in [0.25, 0.3) is 0 Å². The van der Waals surface area contributed by atoms with Crippen LogP contribution < -0.4 is 5.73 Å². The van der Waals surface area contributed by atoms with Crippen molar-refractivity contribution >= 4 is 23.2 Å². The van der Waals surface area contributed by atoms with E-state index in [1.54, 1.807) is 18.2 Å². The highest BCUT2D eigenvalue weighted by atomic mass is 35.5. The van der Waals surface area contributed by atoms with Crippen LogP contribution in [-0.2, 0) is 12.6 Å². The molecule has 0 aliphatic heterocycles. The molecule has 0 spiro atoms. The van der Waals surface area contributed by atoms with Crippen molar-refractivity contribution in [2.24, 2.45) is 5.73 Å². The third-order valence-corrected chi connectivity index (χ3v) is 3.85. The zero-order chi connectivity index (χ0) is 15.6.